The van der Waals surface area contributed by atoms with Crippen LogP contribution in [0.25, 0.3) is 33.1 Å². The average molecular weight is 303 g/mol. The van der Waals surface area contributed by atoms with Crippen LogP contribution in [0.3, 0.4) is 0 Å². The van der Waals surface area contributed by atoms with Crippen molar-refractivity contribution in [2.75, 3.05) is 0 Å². The summed E-state index contributed by atoms with van der Waals surface area (Å²) < 4.78 is 0. The second kappa shape index (κ2) is 4.84. The van der Waals surface area contributed by atoms with Gasteiger partial charge in [0, 0.05) is 22.0 Å². The van der Waals surface area contributed by atoms with E-state index in [0.29, 0.717) is 16.8 Å². The van der Waals surface area contributed by atoms with E-state index < -0.39 is 5.91 Å². The van der Waals surface area contributed by atoms with Gasteiger partial charge in [0.05, 0.1) is 11.3 Å². The summed E-state index contributed by atoms with van der Waals surface area (Å²) in [6.45, 7) is 0. The number of primary amides is 1. The monoisotopic (exact) mass is 303 g/mol. The highest BCUT2D eigenvalue weighted by molar-refractivity contribution is 5.98. The molecule has 2 aromatic heterocycles. The number of H-pyrrole nitrogens is 2. The fourth-order valence-electron chi connectivity index (χ4n) is 2.78. The van der Waals surface area contributed by atoms with Crippen LogP contribution in [0.4, 0.5) is 0 Å². The molecule has 0 spiro atoms. The van der Waals surface area contributed by atoms with E-state index in [1.54, 1.807) is 18.2 Å². The molecule has 0 aliphatic carbocycles. The van der Waals surface area contributed by atoms with Crippen molar-refractivity contribution in [1.82, 2.24) is 9.97 Å². The van der Waals surface area contributed by atoms with Crippen LogP contribution in [-0.4, -0.2) is 15.9 Å². The number of amides is 1. The van der Waals surface area contributed by atoms with E-state index in [1.807, 2.05) is 36.4 Å². The Balaban J connectivity index is 1.93. The number of carbonyl (C=O) groups excluding carboxylic acids is 1. The molecule has 0 saturated heterocycles. The minimum absolute atomic E-state index is 0.162. The molecule has 23 heavy (non-hydrogen) atoms. The summed E-state index contributed by atoms with van der Waals surface area (Å²) in [4.78, 5) is 29.7. The van der Waals surface area contributed by atoms with Gasteiger partial charge in [-0.2, -0.15) is 0 Å². The molecule has 2 heterocycles. The Hall–Kier alpha value is -3.34. The molecule has 4 aromatic rings. The van der Waals surface area contributed by atoms with E-state index in [4.69, 9.17) is 5.73 Å². The minimum Gasteiger partial charge on any atom is -0.366 e. The maximum atomic E-state index is 12.3. The van der Waals surface area contributed by atoms with Gasteiger partial charge in [0.15, 0.2) is 0 Å². The van der Waals surface area contributed by atoms with Gasteiger partial charge in [0.1, 0.15) is 0 Å². The van der Waals surface area contributed by atoms with E-state index in [1.165, 1.54) is 0 Å². The first-order valence-corrected chi connectivity index (χ1v) is 7.17. The number of para-hydroxylation sites is 1. The van der Waals surface area contributed by atoms with Crippen LogP contribution < -0.4 is 11.3 Å². The van der Waals surface area contributed by atoms with Crippen LogP contribution in [0.15, 0.2) is 59.4 Å². The number of hydrogen-bond acceptors (Lipinski definition) is 2. The number of hydrogen-bond donors (Lipinski definition) is 3. The lowest BCUT2D eigenvalue weighted by Crippen LogP contribution is -2.10. The SMILES string of the molecule is NC(=O)c1ccc2[nH]c(-c3cc4ccccc4[nH]c3=O)cc2c1. The van der Waals surface area contributed by atoms with Crippen LogP contribution in [0.1, 0.15) is 10.4 Å². The molecule has 0 fully saturated rings. The Morgan fingerprint density at radius 1 is 0.870 bits per heavy atom. The summed E-state index contributed by atoms with van der Waals surface area (Å²) in [5.41, 5.74) is 8.49. The molecule has 0 saturated carbocycles. The Morgan fingerprint density at radius 2 is 1.65 bits per heavy atom. The molecule has 2 aromatic carbocycles. The normalized spacial score (nSPS) is 11.1. The zero-order valence-electron chi connectivity index (χ0n) is 12.1. The van der Waals surface area contributed by atoms with Gasteiger partial charge in [-0.25, -0.2) is 0 Å². The van der Waals surface area contributed by atoms with Gasteiger partial charge in [0.25, 0.3) is 5.56 Å². The van der Waals surface area contributed by atoms with Crippen molar-refractivity contribution in [3.8, 4) is 11.3 Å². The third kappa shape index (κ3) is 2.19. The number of fused-ring (bicyclic) bond motifs is 2. The molecule has 5 heteroatoms. The number of carbonyl (C=O) groups is 1. The quantitative estimate of drug-likeness (QED) is 0.531. The van der Waals surface area contributed by atoms with Crippen molar-refractivity contribution >= 4 is 27.7 Å². The lowest BCUT2D eigenvalue weighted by Gasteiger charge is -2.01. The summed E-state index contributed by atoms with van der Waals surface area (Å²) in [5, 5.41) is 1.79. The van der Waals surface area contributed by atoms with Gasteiger partial charge >= 0.3 is 0 Å². The largest absolute Gasteiger partial charge is 0.366 e. The zero-order chi connectivity index (χ0) is 16.0. The molecule has 0 radical (unpaired) electrons. The minimum atomic E-state index is -0.474. The van der Waals surface area contributed by atoms with Crippen molar-refractivity contribution < 1.29 is 4.79 Å². The standard InChI is InChI=1S/C18H13N3O2/c19-17(22)11-5-6-15-12(7-11)9-16(20-15)13-8-10-3-1-2-4-14(10)21-18(13)23/h1-9,20H,(H2,19,22)(H,21,23). The smallest absolute Gasteiger partial charge is 0.257 e. The van der Waals surface area contributed by atoms with E-state index in [2.05, 4.69) is 9.97 Å². The molecule has 4 rings (SSSR count). The number of rotatable bonds is 2. The van der Waals surface area contributed by atoms with Crippen LogP contribution in [0.2, 0.25) is 0 Å². The van der Waals surface area contributed by atoms with Gasteiger partial charge in [-0.3, -0.25) is 9.59 Å². The number of pyridine rings is 1. The summed E-state index contributed by atoms with van der Waals surface area (Å²) in [6.07, 6.45) is 0. The molecule has 0 aliphatic heterocycles. The average Bonchev–Trinajstić information content (AvgIpc) is 2.96. The van der Waals surface area contributed by atoms with Crippen molar-refractivity contribution in [1.29, 1.82) is 0 Å². The summed E-state index contributed by atoms with van der Waals surface area (Å²) >= 11 is 0. The van der Waals surface area contributed by atoms with Crippen molar-refractivity contribution in [2.45, 2.75) is 0 Å². The molecule has 1 amide bonds. The van der Waals surface area contributed by atoms with Crippen molar-refractivity contribution in [3.05, 3.63) is 70.5 Å². The van der Waals surface area contributed by atoms with E-state index in [0.717, 1.165) is 21.8 Å². The molecular weight excluding hydrogens is 290 g/mol. The molecule has 0 bridgehead atoms. The fraction of sp³-hybridized carbons (Fsp3) is 0. The predicted octanol–water partition coefficient (Wildman–Crippen LogP) is 2.78. The molecule has 0 aliphatic rings. The number of nitrogens with one attached hydrogen (secondary N) is 2. The first kappa shape index (κ1) is 13.3. The molecule has 5 nitrogen and oxygen atoms in total. The van der Waals surface area contributed by atoms with Gasteiger partial charge in [-0.1, -0.05) is 18.2 Å². The lowest BCUT2D eigenvalue weighted by molar-refractivity contribution is 0.100. The predicted molar refractivity (Wildman–Crippen MR) is 90.4 cm³/mol. The number of aromatic amines is 2. The Labute approximate surface area is 130 Å². The van der Waals surface area contributed by atoms with Crippen molar-refractivity contribution in [3.63, 3.8) is 0 Å². The Morgan fingerprint density at radius 3 is 2.48 bits per heavy atom. The molecule has 112 valence electrons. The van der Waals surface area contributed by atoms with E-state index in [-0.39, 0.29) is 5.56 Å². The second-order valence-electron chi connectivity index (χ2n) is 5.45. The number of benzene rings is 2. The zero-order valence-corrected chi connectivity index (χ0v) is 12.1. The third-order valence-corrected chi connectivity index (χ3v) is 3.95. The maximum absolute atomic E-state index is 12.3. The van der Waals surface area contributed by atoms with Crippen LogP contribution in [-0.2, 0) is 0 Å². The van der Waals surface area contributed by atoms with Gasteiger partial charge < -0.3 is 15.7 Å². The van der Waals surface area contributed by atoms with Crippen molar-refractivity contribution in [2.24, 2.45) is 5.73 Å². The highest BCUT2D eigenvalue weighted by Crippen LogP contribution is 2.24. The van der Waals surface area contributed by atoms with Crippen LogP contribution >= 0.6 is 0 Å². The van der Waals surface area contributed by atoms with E-state index >= 15 is 0 Å². The maximum Gasteiger partial charge on any atom is 0.257 e. The Kier molecular flexibility index (Phi) is 2.81. The topological polar surface area (TPSA) is 91.7 Å². The molecule has 4 N–H and O–H groups in total. The molecule has 0 atom stereocenters. The van der Waals surface area contributed by atoms with Gasteiger partial charge in [0.2, 0.25) is 5.91 Å². The Bertz CT molecular complexity index is 1120. The molecule has 0 unspecified atom stereocenters. The summed E-state index contributed by atoms with van der Waals surface area (Å²) in [6, 6.07) is 16.5. The first-order chi connectivity index (χ1) is 11.1. The van der Waals surface area contributed by atoms with Gasteiger partial charge in [-0.15, -0.1) is 0 Å². The third-order valence-electron chi connectivity index (χ3n) is 3.95. The lowest BCUT2D eigenvalue weighted by atomic mass is 10.1. The number of nitrogens with two attached hydrogens (primary N) is 1. The summed E-state index contributed by atoms with van der Waals surface area (Å²) in [7, 11) is 0. The highest BCUT2D eigenvalue weighted by atomic mass is 16.1. The van der Waals surface area contributed by atoms with Crippen LogP contribution in [0.5, 0.6) is 0 Å². The van der Waals surface area contributed by atoms with Gasteiger partial charge in [-0.05, 0) is 41.8 Å². The highest BCUT2D eigenvalue weighted by Gasteiger charge is 2.10. The van der Waals surface area contributed by atoms with Crippen LogP contribution in [0, 0.1) is 0 Å². The summed E-state index contributed by atoms with van der Waals surface area (Å²) in [5.74, 6) is -0.474. The second-order valence-corrected chi connectivity index (χ2v) is 5.45. The fourth-order valence-corrected chi connectivity index (χ4v) is 2.78. The van der Waals surface area contributed by atoms with E-state index in [9.17, 15) is 9.59 Å². The first-order valence-electron chi connectivity index (χ1n) is 7.17. The number of aromatic nitrogens is 2. The molecular formula is C18H13N3O2.